The van der Waals surface area contributed by atoms with Crippen LogP contribution in [0.25, 0.3) is 11.3 Å². The second-order valence-electron chi connectivity index (χ2n) is 9.26. The van der Waals surface area contributed by atoms with E-state index in [0.29, 0.717) is 38.2 Å². The van der Waals surface area contributed by atoms with Crippen molar-refractivity contribution >= 4 is 17.6 Å². The lowest BCUT2D eigenvalue weighted by molar-refractivity contribution is -0.137. The third-order valence-corrected chi connectivity index (χ3v) is 6.55. The second kappa shape index (κ2) is 6.19. The van der Waals surface area contributed by atoms with Gasteiger partial charge in [-0.15, -0.1) is 0 Å². The van der Waals surface area contributed by atoms with Crippen LogP contribution >= 0.6 is 0 Å². The molecule has 8 nitrogen and oxygen atoms in total. The van der Waals surface area contributed by atoms with E-state index in [-0.39, 0.29) is 27.9 Å². The van der Waals surface area contributed by atoms with Crippen LogP contribution in [-0.4, -0.2) is 67.6 Å². The number of anilines is 3. The molecule has 4 fully saturated rings. The predicted octanol–water partition coefficient (Wildman–Crippen LogP) is 1.81. The second-order valence-corrected chi connectivity index (χ2v) is 9.26. The van der Waals surface area contributed by atoms with Crippen LogP contribution in [0.2, 0.25) is 0 Å². The van der Waals surface area contributed by atoms with Gasteiger partial charge >= 0.3 is 6.18 Å². The van der Waals surface area contributed by atoms with E-state index >= 15 is 0 Å². The van der Waals surface area contributed by atoms with Crippen molar-refractivity contribution in [2.75, 3.05) is 68.1 Å². The molecule has 4 aliphatic rings. The standard InChI is InChI=1S/C20H21F3N6O2/c21-20(22,23)13-1-15(24)25-3-12(13)14-2-16(28-4-18(5-28)8-30-9-18)27-17(26-14)29-6-19(7-29)10-31-11-19/h1-3H,4-11H2,(H2,24,25). The summed E-state index contributed by atoms with van der Waals surface area (Å²) in [5.74, 6) is 0.865. The van der Waals surface area contributed by atoms with E-state index in [1.807, 2.05) is 4.90 Å². The predicted molar refractivity (Wildman–Crippen MR) is 106 cm³/mol. The first kappa shape index (κ1) is 19.1. The van der Waals surface area contributed by atoms with E-state index in [9.17, 15) is 13.2 Å². The minimum Gasteiger partial charge on any atom is -0.384 e. The van der Waals surface area contributed by atoms with E-state index < -0.39 is 11.7 Å². The Hall–Kier alpha value is -2.66. The van der Waals surface area contributed by atoms with Gasteiger partial charge < -0.3 is 25.0 Å². The zero-order valence-electron chi connectivity index (χ0n) is 16.7. The highest BCUT2D eigenvalue weighted by Crippen LogP contribution is 2.44. The molecule has 0 bridgehead atoms. The van der Waals surface area contributed by atoms with Crippen LogP contribution in [-0.2, 0) is 15.7 Å². The largest absolute Gasteiger partial charge is 0.417 e. The van der Waals surface area contributed by atoms with Gasteiger partial charge in [0.15, 0.2) is 0 Å². The maximum Gasteiger partial charge on any atom is 0.417 e. The van der Waals surface area contributed by atoms with Crippen molar-refractivity contribution < 1.29 is 22.6 Å². The van der Waals surface area contributed by atoms with Crippen molar-refractivity contribution in [2.45, 2.75) is 6.18 Å². The summed E-state index contributed by atoms with van der Waals surface area (Å²) in [4.78, 5) is 17.2. The average Bonchev–Trinajstić information content (AvgIpc) is 2.56. The summed E-state index contributed by atoms with van der Waals surface area (Å²) in [5.41, 5.74) is 5.05. The van der Waals surface area contributed by atoms with E-state index in [0.717, 1.165) is 38.4 Å². The molecule has 4 saturated heterocycles. The molecule has 2 N–H and O–H groups in total. The van der Waals surface area contributed by atoms with E-state index in [1.165, 1.54) is 0 Å². The molecule has 0 amide bonds. The van der Waals surface area contributed by atoms with Gasteiger partial charge in [-0.25, -0.2) is 9.97 Å². The fraction of sp³-hybridized carbons (Fsp3) is 0.550. The maximum atomic E-state index is 13.7. The molecule has 11 heteroatoms. The fourth-order valence-corrected chi connectivity index (χ4v) is 4.75. The Morgan fingerprint density at radius 1 is 0.903 bits per heavy atom. The highest BCUT2D eigenvalue weighted by molar-refractivity contribution is 5.70. The summed E-state index contributed by atoms with van der Waals surface area (Å²) in [7, 11) is 0. The Kier molecular flexibility index (Phi) is 3.81. The number of ether oxygens (including phenoxy) is 2. The SMILES string of the molecule is Nc1cc(C(F)(F)F)c(-c2cc(N3CC4(COC4)C3)nc(N3CC4(COC4)C3)n2)cn1. The Bertz CT molecular complexity index is 989. The van der Waals surface area contributed by atoms with Gasteiger partial charge in [-0.3, -0.25) is 0 Å². The van der Waals surface area contributed by atoms with Crippen molar-refractivity contribution in [1.29, 1.82) is 0 Å². The number of nitrogens with zero attached hydrogens (tertiary/aromatic N) is 5. The molecule has 0 unspecified atom stereocenters. The Balaban J connectivity index is 1.39. The molecule has 2 spiro atoms. The fourth-order valence-electron chi connectivity index (χ4n) is 4.75. The molecular weight excluding hydrogens is 413 g/mol. The lowest BCUT2D eigenvalue weighted by Gasteiger charge is -2.56. The smallest absolute Gasteiger partial charge is 0.384 e. The highest BCUT2D eigenvalue weighted by atomic mass is 19.4. The number of nitrogen functional groups attached to an aromatic ring is 1. The third kappa shape index (κ3) is 3.01. The van der Waals surface area contributed by atoms with Crippen LogP contribution < -0.4 is 15.5 Å². The molecule has 6 rings (SSSR count). The van der Waals surface area contributed by atoms with Gasteiger partial charge in [-0.1, -0.05) is 0 Å². The number of halogens is 3. The van der Waals surface area contributed by atoms with E-state index in [2.05, 4.69) is 14.9 Å². The van der Waals surface area contributed by atoms with Gasteiger partial charge in [0.1, 0.15) is 11.6 Å². The van der Waals surface area contributed by atoms with Crippen molar-refractivity contribution in [2.24, 2.45) is 10.8 Å². The monoisotopic (exact) mass is 434 g/mol. The molecule has 0 radical (unpaired) electrons. The minimum atomic E-state index is -4.58. The normalized spacial score (nSPS) is 23.2. The molecule has 164 valence electrons. The summed E-state index contributed by atoms with van der Waals surface area (Å²) in [6.45, 7) is 5.83. The van der Waals surface area contributed by atoms with Gasteiger partial charge in [-0.2, -0.15) is 18.2 Å². The number of hydrogen-bond acceptors (Lipinski definition) is 8. The lowest BCUT2D eigenvalue weighted by atomic mass is 9.78. The Morgan fingerprint density at radius 3 is 2.06 bits per heavy atom. The van der Waals surface area contributed by atoms with Crippen LogP contribution in [0.3, 0.4) is 0 Å². The van der Waals surface area contributed by atoms with Crippen LogP contribution in [0.15, 0.2) is 18.3 Å². The zero-order chi connectivity index (χ0) is 21.4. The number of nitrogens with two attached hydrogens (primary N) is 1. The quantitative estimate of drug-likeness (QED) is 0.783. The Morgan fingerprint density at radius 2 is 1.52 bits per heavy atom. The molecule has 0 saturated carbocycles. The van der Waals surface area contributed by atoms with Crippen molar-refractivity contribution in [3.05, 3.63) is 23.9 Å². The topological polar surface area (TPSA) is 89.6 Å². The summed E-state index contributed by atoms with van der Waals surface area (Å²) >= 11 is 0. The minimum absolute atomic E-state index is 0.101. The number of hydrogen-bond donors (Lipinski definition) is 1. The Labute approximate surface area is 176 Å². The van der Waals surface area contributed by atoms with E-state index in [1.54, 1.807) is 6.07 Å². The number of aromatic nitrogens is 3. The van der Waals surface area contributed by atoms with Gasteiger partial charge in [0.25, 0.3) is 0 Å². The van der Waals surface area contributed by atoms with Crippen LogP contribution in [0.5, 0.6) is 0 Å². The number of rotatable bonds is 3. The first-order chi connectivity index (χ1) is 14.7. The van der Waals surface area contributed by atoms with E-state index in [4.69, 9.17) is 20.2 Å². The summed E-state index contributed by atoms with van der Waals surface area (Å²) in [5, 5.41) is 0. The van der Waals surface area contributed by atoms with Gasteiger partial charge in [0, 0.05) is 44.0 Å². The molecule has 0 aliphatic carbocycles. The lowest BCUT2D eigenvalue weighted by Crippen LogP contribution is -2.67. The third-order valence-electron chi connectivity index (χ3n) is 6.55. The highest BCUT2D eigenvalue weighted by Gasteiger charge is 2.51. The molecule has 6 heterocycles. The van der Waals surface area contributed by atoms with Crippen LogP contribution in [0, 0.1) is 10.8 Å². The molecular formula is C20H21F3N6O2. The number of alkyl halides is 3. The molecule has 0 aromatic carbocycles. The molecule has 0 atom stereocenters. The van der Waals surface area contributed by atoms with Gasteiger partial charge in [0.05, 0.1) is 48.5 Å². The first-order valence-corrected chi connectivity index (χ1v) is 10.1. The van der Waals surface area contributed by atoms with Gasteiger partial charge in [-0.05, 0) is 6.07 Å². The molecule has 4 aliphatic heterocycles. The summed E-state index contributed by atoms with van der Waals surface area (Å²) in [6.07, 6.45) is -3.44. The zero-order valence-corrected chi connectivity index (χ0v) is 16.7. The summed E-state index contributed by atoms with van der Waals surface area (Å²) < 4.78 is 51.8. The van der Waals surface area contributed by atoms with Crippen molar-refractivity contribution in [3.63, 3.8) is 0 Å². The maximum absolute atomic E-state index is 13.7. The van der Waals surface area contributed by atoms with Crippen LogP contribution in [0.1, 0.15) is 5.56 Å². The first-order valence-electron chi connectivity index (χ1n) is 10.1. The molecule has 31 heavy (non-hydrogen) atoms. The average molecular weight is 434 g/mol. The molecule has 2 aromatic heterocycles. The van der Waals surface area contributed by atoms with Crippen LogP contribution in [0.4, 0.5) is 30.8 Å². The van der Waals surface area contributed by atoms with Crippen molar-refractivity contribution in [3.8, 4) is 11.3 Å². The van der Waals surface area contributed by atoms with Gasteiger partial charge in [0.2, 0.25) is 5.95 Å². The summed E-state index contributed by atoms with van der Waals surface area (Å²) in [6, 6.07) is 2.46. The number of pyridine rings is 1. The molecule has 2 aromatic rings. The van der Waals surface area contributed by atoms with Crippen molar-refractivity contribution in [1.82, 2.24) is 15.0 Å².